The lowest BCUT2D eigenvalue weighted by Crippen LogP contribution is -2.49. The Kier molecular flexibility index (Phi) is 10.9. The fourth-order valence-corrected chi connectivity index (χ4v) is 3.25. The van der Waals surface area contributed by atoms with Gasteiger partial charge in [-0.1, -0.05) is 49.9 Å². The van der Waals surface area contributed by atoms with Gasteiger partial charge in [0.25, 0.3) is 11.8 Å². The minimum atomic E-state index is -0.465. The molecule has 0 aliphatic carbocycles. The molecule has 0 fully saturated rings. The van der Waals surface area contributed by atoms with Gasteiger partial charge < -0.3 is 9.47 Å². The Morgan fingerprint density at radius 2 is 1.70 bits per heavy atom. The molecule has 0 radical (unpaired) electrons. The van der Waals surface area contributed by atoms with E-state index in [1.165, 1.54) is 0 Å². The van der Waals surface area contributed by atoms with Crippen LogP contribution >= 0.6 is 23.8 Å². The Balaban J connectivity index is 1.79. The third-order valence-corrected chi connectivity index (χ3v) is 5.51. The second kappa shape index (κ2) is 13.6. The molecule has 0 saturated heterocycles. The summed E-state index contributed by atoms with van der Waals surface area (Å²) < 4.78 is 11.3. The van der Waals surface area contributed by atoms with Gasteiger partial charge in [0.05, 0.1) is 12.2 Å². The number of nitrogens with one attached hydrogen (secondary N) is 3. The molecule has 0 aromatic heterocycles. The van der Waals surface area contributed by atoms with Gasteiger partial charge in [0.15, 0.2) is 11.7 Å². The maximum Gasteiger partial charge on any atom is 0.276 e. The predicted molar refractivity (Wildman–Crippen MR) is 134 cm³/mol. The predicted octanol–water partition coefficient (Wildman–Crippen LogP) is 4.63. The van der Waals surface area contributed by atoms with Crippen LogP contribution in [0.3, 0.4) is 0 Å². The average Bonchev–Trinajstić information content (AvgIpc) is 2.79. The molecule has 0 unspecified atom stereocenters. The van der Waals surface area contributed by atoms with Crippen molar-refractivity contribution in [3.05, 3.63) is 58.1 Å². The number of benzene rings is 2. The zero-order chi connectivity index (χ0) is 24.2. The van der Waals surface area contributed by atoms with Gasteiger partial charge >= 0.3 is 0 Å². The topological polar surface area (TPSA) is 88.7 Å². The summed E-state index contributed by atoms with van der Waals surface area (Å²) in [5, 5.41) is 3.14. The molecule has 2 aromatic carbocycles. The van der Waals surface area contributed by atoms with Crippen LogP contribution in [0.25, 0.3) is 0 Å². The summed E-state index contributed by atoms with van der Waals surface area (Å²) in [5.41, 5.74) is 6.97. The Bertz CT molecular complexity index is 961. The molecule has 3 N–H and O–H groups in total. The van der Waals surface area contributed by atoms with Crippen molar-refractivity contribution in [1.29, 1.82) is 0 Å². The van der Waals surface area contributed by atoms with Crippen LogP contribution in [-0.4, -0.2) is 30.1 Å². The lowest BCUT2D eigenvalue weighted by Gasteiger charge is -2.14. The molecule has 7 nitrogen and oxygen atoms in total. The van der Waals surface area contributed by atoms with E-state index in [4.69, 9.17) is 33.3 Å². The number of hydrazine groups is 1. The maximum atomic E-state index is 12.6. The molecule has 0 aliphatic rings. The lowest BCUT2D eigenvalue weighted by molar-refractivity contribution is -0.123. The number of unbranched alkanes of at least 4 members (excludes halogenated alkanes) is 3. The summed E-state index contributed by atoms with van der Waals surface area (Å²) >= 11 is 11.2. The van der Waals surface area contributed by atoms with Crippen molar-refractivity contribution >= 4 is 40.7 Å². The Morgan fingerprint density at radius 3 is 2.39 bits per heavy atom. The molecule has 2 aromatic rings. The van der Waals surface area contributed by atoms with Crippen molar-refractivity contribution in [2.24, 2.45) is 0 Å². The number of hydrogen-bond donors (Lipinski definition) is 3. The van der Waals surface area contributed by atoms with E-state index in [2.05, 4.69) is 23.1 Å². The number of ether oxygens (including phenoxy) is 2. The summed E-state index contributed by atoms with van der Waals surface area (Å²) in [4.78, 5) is 24.6. The Labute approximate surface area is 205 Å². The summed E-state index contributed by atoms with van der Waals surface area (Å²) in [7, 11) is 0. The molecular formula is C24H30ClN3O4S. The zero-order valence-electron chi connectivity index (χ0n) is 19.1. The van der Waals surface area contributed by atoms with Crippen molar-refractivity contribution in [3.8, 4) is 11.5 Å². The molecule has 33 heavy (non-hydrogen) atoms. The van der Waals surface area contributed by atoms with Gasteiger partial charge in [-0.3, -0.25) is 25.8 Å². The fraction of sp³-hybridized carbons (Fsp3) is 0.375. The molecule has 178 valence electrons. The number of hydrogen-bond acceptors (Lipinski definition) is 5. The van der Waals surface area contributed by atoms with E-state index in [0.717, 1.165) is 36.8 Å². The summed E-state index contributed by atoms with van der Waals surface area (Å²) in [6.45, 7) is 6.17. The SMILES string of the molecule is CCCCCCOc1ccccc1C(=O)NC(=S)NNC(=O)COc1cc(C)c(Cl)c(C)c1. The van der Waals surface area contributed by atoms with Gasteiger partial charge in [0.1, 0.15) is 11.5 Å². The van der Waals surface area contributed by atoms with Crippen LogP contribution in [0.2, 0.25) is 5.02 Å². The van der Waals surface area contributed by atoms with Gasteiger partial charge in [-0.05, 0) is 67.9 Å². The fourth-order valence-electron chi connectivity index (χ4n) is 2.99. The van der Waals surface area contributed by atoms with Gasteiger partial charge in [0, 0.05) is 5.02 Å². The Hall–Kier alpha value is -2.84. The number of carbonyl (C=O) groups excluding carboxylic acids is 2. The number of amides is 2. The highest BCUT2D eigenvalue weighted by Gasteiger charge is 2.14. The molecule has 9 heteroatoms. The third-order valence-electron chi connectivity index (χ3n) is 4.71. The molecule has 0 aliphatic heterocycles. The molecule has 0 saturated carbocycles. The Morgan fingerprint density at radius 1 is 1.00 bits per heavy atom. The summed E-state index contributed by atoms with van der Waals surface area (Å²) in [5.74, 6) is 0.119. The first-order chi connectivity index (χ1) is 15.8. The molecular weight excluding hydrogens is 462 g/mol. The first kappa shape index (κ1) is 26.4. The van der Waals surface area contributed by atoms with Crippen LogP contribution in [0, 0.1) is 13.8 Å². The molecule has 2 rings (SSSR count). The highest BCUT2D eigenvalue weighted by atomic mass is 35.5. The smallest absolute Gasteiger partial charge is 0.276 e. The van der Waals surface area contributed by atoms with Crippen molar-refractivity contribution in [1.82, 2.24) is 16.2 Å². The van der Waals surface area contributed by atoms with Gasteiger partial charge in [0.2, 0.25) is 0 Å². The minimum absolute atomic E-state index is 0.0516. The standard InChI is InChI=1S/C24H30ClN3O4S/c1-4-5-6-9-12-31-20-11-8-7-10-19(20)23(30)26-24(33)28-27-21(29)15-32-18-13-16(2)22(25)17(3)14-18/h7-8,10-11,13-14H,4-6,9,12,15H2,1-3H3,(H,27,29)(H2,26,28,30,33). The van der Waals surface area contributed by atoms with Crippen LogP contribution in [0.4, 0.5) is 0 Å². The van der Waals surface area contributed by atoms with E-state index in [1.807, 2.05) is 13.8 Å². The quantitative estimate of drug-likeness (QED) is 0.255. The second-order valence-electron chi connectivity index (χ2n) is 7.52. The van der Waals surface area contributed by atoms with Crippen molar-refractivity contribution in [2.45, 2.75) is 46.5 Å². The number of halogens is 1. The number of para-hydroxylation sites is 1. The molecule has 0 bridgehead atoms. The highest BCUT2D eigenvalue weighted by molar-refractivity contribution is 7.80. The number of carbonyl (C=O) groups is 2. The molecule has 0 atom stereocenters. The van der Waals surface area contributed by atoms with Crippen LogP contribution in [0.15, 0.2) is 36.4 Å². The lowest BCUT2D eigenvalue weighted by atomic mass is 10.1. The molecule has 0 heterocycles. The molecule has 0 spiro atoms. The van der Waals surface area contributed by atoms with E-state index in [1.54, 1.807) is 36.4 Å². The number of aryl methyl sites for hydroxylation is 2. The van der Waals surface area contributed by atoms with Gasteiger partial charge in [-0.2, -0.15) is 0 Å². The first-order valence-electron chi connectivity index (χ1n) is 10.8. The normalized spacial score (nSPS) is 10.3. The molecule has 2 amide bonds. The zero-order valence-corrected chi connectivity index (χ0v) is 20.7. The van der Waals surface area contributed by atoms with Crippen LogP contribution in [0.5, 0.6) is 11.5 Å². The van der Waals surface area contributed by atoms with Crippen LogP contribution in [0.1, 0.15) is 54.1 Å². The monoisotopic (exact) mass is 491 g/mol. The minimum Gasteiger partial charge on any atom is -0.493 e. The number of rotatable bonds is 10. The van der Waals surface area contributed by atoms with Crippen molar-refractivity contribution < 1.29 is 19.1 Å². The average molecular weight is 492 g/mol. The van der Waals surface area contributed by atoms with E-state index >= 15 is 0 Å². The van der Waals surface area contributed by atoms with E-state index in [-0.39, 0.29) is 11.7 Å². The first-order valence-corrected chi connectivity index (χ1v) is 11.6. The van der Waals surface area contributed by atoms with Crippen molar-refractivity contribution in [2.75, 3.05) is 13.2 Å². The van der Waals surface area contributed by atoms with Crippen LogP contribution < -0.4 is 25.6 Å². The second-order valence-corrected chi connectivity index (χ2v) is 8.31. The maximum absolute atomic E-state index is 12.6. The largest absolute Gasteiger partial charge is 0.493 e. The summed E-state index contributed by atoms with van der Waals surface area (Å²) in [6.07, 6.45) is 4.31. The van der Waals surface area contributed by atoms with Crippen LogP contribution in [-0.2, 0) is 4.79 Å². The van der Waals surface area contributed by atoms with Crippen molar-refractivity contribution in [3.63, 3.8) is 0 Å². The van der Waals surface area contributed by atoms with Gasteiger partial charge in [-0.25, -0.2) is 0 Å². The highest BCUT2D eigenvalue weighted by Crippen LogP contribution is 2.25. The third kappa shape index (κ3) is 8.90. The van der Waals surface area contributed by atoms with E-state index in [0.29, 0.717) is 28.7 Å². The van der Waals surface area contributed by atoms with E-state index < -0.39 is 11.8 Å². The van der Waals surface area contributed by atoms with Gasteiger partial charge in [-0.15, -0.1) is 0 Å². The van der Waals surface area contributed by atoms with E-state index in [9.17, 15) is 9.59 Å². The number of thiocarbonyl (C=S) groups is 1. The summed E-state index contributed by atoms with van der Waals surface area (Å²) in [6, 6.07) is 10.5.